The summed E-state index contributed by atoms with van der Waals surface area (Å²) in [5.41, 5.74) is 0. The zero-order valence-electron chi connectivity index (χ0n) is 9.23. The Morgan fingerprint density at radius 2 is 2.12 bits per heavy atom. The van der Waals surface area contributed by atoms with Crippen LogP contribution in [0.2, 0.25) is 0 Å². The average molecular weight is 221 g/mol. The molecule has 0 heterocycles. The molecule has 0 fully saturated rings. The molecule has 0 aliphatic heterocycles. The zero-order chi connectivity index (χ0) is 11.8. The third-order valence-corrected chi connectivity index (χ3v) is 1.74. The van der Waals surface area contributed by atoms with E-state index in [0.29, 0.717) is 24.7 Å². The van der Waals surface area contributed by atoms with Crippen LogP contribution in [0.4, 0.5) is 4.79 Å². The molecule has 0 aromatic heterocycles. The van der Waals surface area contributed by atoms with Crippen molar-refractivity contribution in [1.82, 2.24) is 5.32 Å². The molecule has 0 spiro atoms. The fourth-order valence-corrected chi connectivity index (χ4v) is 1.10. The monoisotopic (exact) mass is 221 g/mol. The first-order valence-electron chi connectivity index (χ1n) is 5.06. The van der Waals surface area contributed by atoms with E-state index in [2.05, 4.69) is 11.9 Å². The Kier molecular flexibility index (Phi) is 4.92. The summed E-state index contributed by atoms with van der Waals surface area (Å²) >= 11 is 0. The third-order valence-electron chi connectivity index (χ3n) is 1.74. The van der Waals surface area contributed by atoms with Crippen molar-refractivity contribution in [3.05, 3.63) is 36.9 Å². The van der Waals surface area contributed by atoms with Crippen LogP contribution in [0.3, 0.4) is 0 Å². The van der Waals surface area contributed by atoms with Crippen LogP contribution in [-0.4, -0.2) is 19.2 Å². The van der Waals surface area contributed by atoms with Crippen LogP contribution >= 0.6 is 0 Å². The number of nitrogens with one attached hydrogen (secondary N) is 1. The third kappa shape index (κ3) is 3.65. The van der Waals surface area contributed by atoms with Crippen molar-refractivity contribution in [2.24, 2.45) is 0 Å². The van der Waals surface area contributed by atoms with Crippen molar-refractivity contribution in [3.63, 3.8) is 0 Å². The number of para-hydroxylation sites is 2. The van der Waals surface area contributed by atoms with E-state index in [1.54, 1.807) is 24.3 Å². The zero-order valence-corrected chi connectivity index (χ0v) is 9.23. The van der Waals surface area contributed by atoms with Crippen LogP contribution in [0.25, 0.3) is 0 Å². The summed E-state index contributed by atoms with van der Waals surface area (Å²) in [6.07, 6.45) is 1.06. The number of amides is 1. The van der Waals surface area contributed by atoms with E-state index in [9.17, 15) is 4.79 Å². The van der Waals surface area contributed by atoms with Crippen LogP contribution < -0.4 is 14.8 Å². The fraction of sp³-hybridized carbons (Fsp3) is 0.250. The molecule has 0 aliphatic rings. The van der Waals surface area contributed by atoms with Gasteiger partial charge in [-0.05, 0) is 19.1 Å². The Balaban J connectivity index is 2.64. The molecule has 16 heavy (non-hydrogen) atoms. The van der Waals surface area contributed by atoms with Gasteiger partial charge >= 0.3 is 6.09 Å². The maximum absolute atomic E-state index is 11.3. The number of benzene rings is 1. The molecule has 0 aliphatic carbocycles. The van der Waals surface area contributed by atoms with Crippen LogP contribution in [0.15, 0.2) is 36.9 Å². The van der Waals surface area contributed by atoms with Crippen molar-refractivity contribution < 1.29 is 14.3 Å². The van der Waals surface area contributed by atoms with Gasteiger partial charge in [-0.2, -0.15) is 0 Å². The van der Waals surface area contributed by atoms with E-state index < -0.39 is 6.09 Å². The van der Waals surface area contributed by atoms with Gasteiger partial charge in [-0.1, -0.05) is 18.2 Å². The second-order valence-corrected chi connectivity index (χ2v) is 2.94. The van der Waals surface area contributed by atoms with Crippen LogP contribution in [0.1, 0.15) is 6.92 Å². The molecule has 0 saturated heterocycles. The second kappa shape index (κ2) is 6.50. The van der Waals surface area contributed by atoms with Crippen molar-refractivity contribution in [1.29, 1.82) is 0 Å². The quantitative estimate of drug-likeness (QED) is 0.776. The number of carbonyl (C=O) groups excluding carboxylic acids is 1. The highest BCUT2D eigenvalue weighted by Gasteiger charge is 2.07. The Morgan fingerprint density at radius 3 is 2.75 bits per heavy atom. The number of hydrogen-bond donors (Lipinski definition) is 1. The molecule has 0 bridgehead atoms. The van der Waals surface area contributed by atoms with Gasteiger partial charge in [-0.15, -0.1) is 6.58 Å². The molecular formula is C12H15NO3. The highest BCUT2D eigenvalue weighted by Crippen LogP contribution is 2.26. The number of rotatable bonds is 5. The number of hydrogen-bond acceptors (Lipinski definition) is 3. The Hall–Kier alpha value is -1.97. The Labute approximate surface area is 94.9 Å². The first-order chi connectivity index (χ1) is 7.77. The van der Waals surface area contributed by atoms with Crippen molar-refractivity contribution >= 4 is 6.09 Å². The van der Waals surface area contributed by atoms with Crippen molar-refractivity contribution in [2.75, 3.05) is 13.2 Å². The highest BCUT2D eigenvalue weighted by atomic mass is 16.6. The fourth-order valence-electron chi connectivity index (χ4n) is 1.10. The van der Waals surface area contributed by atoms with E-state index in [1.807, 2.05) is 13.0 Å². The minimum absolute atomic E-state index is 0.371. The van der Waals surface area contributed by atoms with Gasteiger partial charge in [0.15, 0.2) is 11.5 Å². The topological polar surface area (TPSA) is 47.6 Å². The largest absolute Gasteiger partial charge is 0.490 e. The maximum atomic E-state index is 11.3. The lowest BCUT2D eigenvalue weighted by Crippen LogP contribution is -2.26. The van der Waals surface area contributed by atoms with Gasteiger partial charge < -0.3 is 14.8 Å². The summed E-state index contributed by atoms with van der Waals surface area (Å²) in [7, 11) is 0. The second-order valence-electron chi connectivity index (χ2n) is 2.94. The van der Waals surface area contributed by atoms with Crippen molar-refractivity contribution in [3.8, 4) is 11.5 Å². The predicted octanol–water partition coefficient (Wildman–Crippen LogP) is 2.36. The van der Waals surface area contributed by atoms with Crippen LogP contribution in [0, 0.1) is 0 Å². The molecule has 0 unspecified atom stereocenters. The summed E-state index contributed by atoms with van der Waals surface area (Å²) in [6.45, 7) is 6.25. The van der Waals surface area contributed by atoms with E-state index >= 15 is 0 Å². The average Bonchev–Trinajstić information content (AvgIpc) is 2.29. The molecule has 0 radical (unpaired) electrons. The number of ether oxygens (including phenoxy) is 2. The van der Waals surface area contributed by atoms with Gasteiger partial charge in [0.25, 0.3) is 0 Å². The van der Waals surface area contributed by atoms with E-state index in [1.165, 1.54) is 0 Å². The van der Waals surface area contributed by atoms with E-state index in [4.69, 9.17) is 9.47 Å². The van der Waals surface area contributed by atoms with Crippen LogP contribution in [-0.2, 0) is 0 Å². The molecular weight excluding hydrogens is 206 g/mol. The molecule has 1 aromatic rings. The van der Waals surface area contributed by atoms with Gasteiger partial charge in [0.2, 0.25) is 0 Å². The summed E-state index contributed by atoms with van der Waals surface area (Å²) in [6, 6.07) is 7.02. The summed E-state index contributed by atoms with van der Waals surface area (Å²) in [5, 5.41) is 2.52. The van der Waals surface area contributed by atoms with E-state index in [-0.39, 0.29) is 0 Å². The molecule has 0 atom stereocenters. The molecule has 86 valence electrons. The number of carbonyl (C=O) groups is 1. The SMILES string of the molecule is C=CCNC(=O)Oc1ccccc1OCC. The highest BCUT2D eigenvalue weighted by molar-refractivity contribution is 5.71. The van der Waals surface area contributed by atoms with Gasteiger partial charge in [-0.3, -0.25) is 0 Å². The van der Waals surface area contributed by atoms with Crippen LogP contribution in [0.5, 0.6) is 11.5 Å². The molecule has 4 heteroatoms. The molecule has 0 saturated carbocycles. The predicted molar refractivity (Wildman–Crippen MR) is 61.8 cm³/mol. The standard InChI is InChI=1S/C12H15NO3/c1-3-9-13-12(14)16-11-8-6-5-7-10(11)15-4-2/h3,5-8H,1,4,9H2,2H3,(H,13,14). The lowest BCUT2D eigenvalue weighted by atomic mass is 10.3. The van der Waals surface area contributed by atoms with Gasteiger partial charge in [0, 0.05) is 6.54 Å². The Bertz CT molecular complexity index is 363. The molecule has 1 aromatic carbocycles. The maximum Gasteiger partial charge on any atom is 0.412 e. The van der Waals surface area contributed by atoms with Gasteiger partial charge in [0.1, 0.15) is 0 Å². The normalized spacial score (nSPS) is 9.31. The summed E-state index contributed by atoms with van der Waals surface area (Å²) in [5.74, 6) is 0.963. The summed E-state index contributed by atoms with van der Waals surface area (Å²) in [4.78, 5) is 11.3. The van der Waals surface area contributed by atoms with E-state index in [0.717, 1.165) is 0 Å². The minimum Gasteiger partial charge on any atom is -0.490 e. The molecule has 1 N–H and O–H groups in total. The lowest BCUT2D eigenvalue weighted by Gasteiger charge is -2.10. The first-order valence-corrected chi connectivity index (χ1v) is 5.06. The molecule has 1 rings (SSSR count). The van der Waals surface area contributed by atoms with Crippen molar-refractivity contribution in [2.45, 2.75) is 6.92 Å². The first kappa shape index (κ1) is 12.1. The van der Waals surface area contributed by atoms with Gasteiger partial charge in [0.05, 0.1) is 6.61 Å². The smallest absolute Gasteiger partial charge is 0.412 e. The molecule has 1 amide bonds. The Morgan fingerprint density at radius 1 is 1.44 bits per heavy atom. The summed E-state index contributed by atoms with van der Waals surface area (Å²) < 4.78 is 10.4. The van der Waals surface area contributed by atoms with Gasteiger partial charge in [-0.25, -0.2) is 4.79 Å². The molecule has 4 nitrogen and oxygen atoms in total. The minimum atomic E-state index is -0.521. The lowest BCUT2D eigenvalue weighted by molar-refractivity contribution is 0.198.